The Bertz CT molecular complexity index is 1290. The first-order valence-electron chi connectivity index (χ1n) is 14.6. The number of amides is 3. The minimum absolute atomic E-state index is 0.0517. The zero-order chi connectivity index (χ0) is 29.0. The summed E-state index contributed by atoms with van der Waals surface area (Å²) in [5, 5.41) is 13.2. The number of carbonyl (C=O) groups excluding carboxylic acids is 3. The summed E-state index contributed by atoms with van der Waals surface area (Å²) in [5.74, 6) is -0.0600. The van der Waals surface area contributed by atoms with Crippen LogP contribution in [-0.2, 0) is 27.3 Å². The van der Waals surface area contributed by atoms with Crippen LogP contribution >= 0.6 is 0 Å². The lowest BCUT2D eigenvalue weighted by molar-refractivity contribution is -0.144. The molecular formula is C31H43N5O4. The van der Waals surface area contributed by atoms with Crippen molar-refractivity contribution in [1.82, 2.24) is 19.7 Å². The molecule has 3 heterocycles. The fourth-order valence-electron chi connectivity index (χ4n) is 6.15. The van der Waals surface area contributed by atoms with E-state index >= 15 is 0 Å². The zero-order valence-electron chi connectivity index (χ0n) is 24.5. The Kier molecular flexibility index (Phi) is 9.07. The van der Waals surface area contributed by atoms with E-state index in [2.05, 4.69) is 28.9 Å². The van der Waals surface area contributed by atoms with Crippen LogP contribution in [0.25, 0.3) is 10.9 Å². The van der Waals surface area contributed by atoms with Gasteiger partial charge in [0.1, 0.15) is 11.6 Å². The highest BCUT2D eigenvalue weighted by molar-refractivity contribution is 5.89. The smallest absolute Gasteiger partial charge is 0.407 e. The Balaban J connectivity index is 1.37. The van der Waals surface area contributed by atoms with Crippen molar-refractivity contribution in [2.24, 2.45) is 0 Å². The topological polar surface area (TPSA) is 108 Å². The highest BCUT2D eigenvalue weighted by Crippen LogP contribution is 2.29. The van der Waals surface area contributed by atoms with E-state index in [1.54, 1.807) is 32.6 Å². The molecule has 0 bridgehead atoms. The normalized spacial score (nSPS) is 20.0. The first-order valence-corrected chi connectivity index (χ1v) is 14.6. The van der Waals surface area contributed by atoms with Crippen LogP contribution in [0.1, 0.15) is 84.4 Å². The molecule has 1 unspecified atom stereocenters. The number of likely N-dealkylation sites (tertiary alicyclic amines) is 2. The molecule has 2 aliphatic heterocycles. The molecule has 9 heteroatoms. The number of nitrogens with one attached hydrogen (secondary N) is 1. The molecule has 1 aromatic carbocycles. The molecule has 2 saturated heterocycles. The van der Waals surface area contributed by atoms with E-state index in [9.17, 15) is 19.6 Å². The molecule has 0 spiro atoms. The lowest BCUT2D eigenvalue weighted by Gasteiger charge is -2.32. The number of hydrogen-bond donors (Lipinski definition) is 1. The van der Waals surface area contributed by atoms with Crippen molar-refractivity contribution in [3.63, 3.8) is 0 Å². The van der Waals surface area contributed by atoms with E-state index in [1.807, 2.05) is 23.1 Å². The molecule has 1 aromatic heterocycles. The van der Waals surface area contributed by atoms with Crippen molar-refractivity contribution in [2.75, 3.05) is 13.1 Å². The standard InChI is InChI=1S/C31H43N5O4/c1-6-34-25(19-23-12-11-22(20-32)18-27(23)34)14-13-24-9-7-15-35(24)29(38)26-10-8-16-36(26)28(37)17-21(2)33-30(39)40-31(3,4)5/h11-12,18-19,21,24,26H,6-10,13-17H2,1-5H3,(H,33,39)/t21?,24-,26+/m0/s1. The third-order valence-electron chi connectivity index (χ3n) is 7.93. The van der Waals surface area contributed by atoms with Gasteiger partial charge in [0.2, 0.25) is 11.8 Å². The highest BCUT2D eigenvalue weighted by Gasteiger charge is 2.40. The Morgan fingerprint density at radius 3 is 2.55 bits per heavy atom. The van der Waals surface area contributed by atoms with E-state index in [0.717, 1.165) is 56.1 Å². The summed E-state index contributed by atoms with van der Waals surface area (Å²) in [6, 6.07) is 9.55. The van der Waals surface area contributed by atoms with E-state index in [4.69, 9.17) is 4.74 Å². The molecule has 40 heavy (non-hydrogen) atoms. The van der Waals surface area contributed by atoms with Crippen LogP contribution in [0.3, 0.4) is 0 Å². The molecule has 0 saturated carbocycles. The minimum atomic E-state index is -0.611. The summed E-state index contributed by atoms with van der Waals surface area (Å²) in [5.41, 5.74) is 2.34. The predicted molar refractivity (Wildman–Crippen MR) is 154 cm³/mol. The molecule has 3 amide bonds. The number of aromatic nitrogens is 1. The summed E-state index contributed by atoms with van der Waals surface area (Å²) in [6.07, 6.45) is 4.70. The summed E-state index contributed by atoms with van der Waals surface area (Å²) in [6.45, 7) is 11.4. The van der Waals surface area contributed by atoms with E-state index in [-0.39, 0.29) is 24.3 Å². The molecule has 216 valence electrons. The molecule has 2 aromatic rings. The maximum Gasteiger partial charge on any atom is 0.407 e. The SMILES string of the molecule is CCn1c(CC[C@@H]2CCCN2C(=O)[C@H]2CCCN2C(=O)CC(C)NC(=O)OC(C)(C)C)cc2ccc(C#N)cc21. The van der Waals surface area contributed by atoms with Gasteiger partial charge in [-0.05, 0) is 96.7 Å². The second kappa shape index (κ2) is 12.3. The number of carbonyl (C=O) groups is 3. The summed E-state index contributed by atoms with van der Waals surface area (Å²) < 4.78 is 7.57. The third kappa shape index (κ3) is 6.78. The molecule has 0 aliphatic carbocycles. The lowest BCUT2D eigenvalue weighted by atomic mass is 10.1. The molecule has 0 radical (unpaired) electrons. The maximum absolute atomic E-state index is 13.7. The molecular weight excluding hydrogens is 506 g/mol. The van der Waals surface area contributed by atoms with Crippen molar-refractivity contribution < 1.29 is 19.1 Å². The third-order valence-corrected chi connectivity index (χ3v) is 7.93. The largest absolute Gasteiger partial charge is 0.444 e. The van der Waals surface area contributed by atoms with Gasteiger partial charge in [0, 0.05) is 49.3 Å². The Morgan fingerprint density at radius 2 is 1.85 bits per heavy atom. The number of aryl methyl sites for hydroxylation is 2. The van der Waals surface area contributed by atoms with Crippen molar-refractivity contribution >= 4 is 28.8 Å². The van der Waals surface area contributed by atoms with Crippen LogP contribution in [0, 0.1) is 11.3 Å². The van der Waals surface area contributed by atoms with E-state index in [0.29, 0.717) is 18.5 Å². The molecule has 9 nitrogen and oxygen atoms in total. The molecule has 2 fully saturated rings. The van der Waals surface area contributed by atoms with Gasteiger partial charge in [0.15, 0.2) is 0 Å². The maximum atomic E-state index is 13.7. The van der Waals surface area contributed by atoms with Gasteiger partial charge >= 0.3 is 6.09 Å². The number of rotatable bonds is 8. The van der Waals surface area contributed by atoms with Gasteiger partial charge < -0.3 is 24.4 Å². The van der Waals surface area contributed by atoms with Crippen LogP contribution in [0.4, 0.5) is 4.79 Å². The molecule has 2 aliphatic rings. The molecule has 3 atom stereocenters. The summed E-state index contributed by atoms with van der Waals surface area (Å²) in [4.78, 5) is 42.8. The van der Waals surface area contributed by atoms with Gasteiger partial charge in [-0.1, -0.05) is 6.07 Å². The van der Waals surface area contributed by atoms with Crippen molar-refractivity contribution in [3.8, 4) is 6.07 Å². The monoisotopic (exact) mass is 549 g/mol. The predicted octanol–water partition coefficient (Wildman–Crippen LogP) is 4.75. The average molecular weight is 550 g/mol. The summed E-state index contributed by atoms with van der Waals surface area (Å²) >= 11 is 0. The number of alkyl carbamates (subject to hydrolysis) is 1. The number of nitrogens with zero attached hydrogens (tertiary/aromatic N) is 4. The number of benzene rings is 1. The van der Waals surface area contributed by atoms with Crippen molar-refractivity contribution in [2.45, 2.75) is 110 Å². The second-order valence-corrected chi connectivity index (χ2v) is 12.1. The van der Waals surface area contributed by atoms with Gasteiger partial charge in [0.25, 0.3) is 0 Å². The summed E-state index contributed by atoms with van der Waals surface area (Å²) in [7, 11) is 0. The Labute approximate surface area is 237 Å². The van der Waals surface area contributed by atoms with Gasteiger partial charge in [0.05, 0.1) is 11.6 Å². The Morgan fingerprint density at radius 1 is 1.12 bits per heavy atom. The highest BCUT2D eigenvalue weighted by atomic mass is 16.6. The van der Waals surface area contributed by atoms with Crippen LogP contribution in [-0.4, -0.2) is 69.1 Å². The average Bonchev–Trinajstić information content (AvgIpc) is 3.63. The lowest BCUT2D eigenvalue weighted by Crippen LogP contribution is -2.50. The van der Waals surface area contributed by atoms with E-state index in [1.165, 1.54) is 5.69 Å². The number of hydrogen-bond acceptors (Lipinski definition) is 5. The van der Waals surface area contributed by atoms with Gasteiger partial charge in [-0.25, -0.2) is 4.79 Å². The Hall–Kier alpha value is -3.54. The fourth-order valence-corrected chi connectivity index (χ4v) is 6.15. The van der Waals surface area contributed by atoms with Crippen LogP contribution < -0.4 is 5.32 Å². The van der Waals surface area contributed by atoms with Crippen LogP contribution in [0.5, 0.6) is 0 Å². The molecule has 1 N–H and O–H groups in total. The van der Waals surface area contributed by atoms with Gasteiger partial charge in [-0.2, -0.15) is 5.26 Å². The fraction of sp³-hybridized carbons (Fsp3) is 0.613. The quantitative estimate of drug-likeness (QED) is 0.511. The van der Waals surface area contributed by atoms with E-state index < -0.39 is 23.8 Å². The first kappa shape index (κ1) is 29.4. The van der Waals surface area contributed by atoms with Crippen LogP contribution in [0.2, 0.25) is 0 Å². The van der Waals surface area contributed by atoms with Gasteiger partial charge in [-0.3, -0.25) is 9.59 Å². The van der Waals surface area contributed by atoms with Crippen molar-refractivity contribution in [1.29, 1.82) is 5.26 Å². The zero-order valence-corrected chi connectivity index (χ0v) is 24.5. The number of ether oxygens (including phenoxy) is 1. The van der Waals surface area contributed by atoms with Crippen LogP contribution in [0.15, 0.2) is 24.3 Å². The second-order valence-electron chi connectivity index (χ2n) is 12.1. The number of nitriles is 1. The molecule has 4 rings (SSSR count). The minimum Gasteiger partial charge on any atom is -0.444 e. The van der Waals surface area contributed by atoms with Crippen molar-refractivity contribution in [3.05, 3.63) is 35.5 Å². The van der Waals surface area contributed by atoms with Gasteiger partial charge in [-0.15, -0.1) is 0 Å². The first-order chi connectivity index (χ1) is 19.0. The number of fused-ring (bicyclic) bond motifs is 1.